The van der Waals surface area contributed by atoms with E-state index in [0.717, 1.165) is 28.5 Å². The number of pyridine rings is 1. The average molecular weight is 592 g/mol. The number of aromatic nitrogens is 1. The quantitative estimate of drug-likeness (QED) is 0.184. The highest BCUT2D eigenvalue weighted by Crippen LogP contribution is 2.40. The van der Waals surface area contributed by atoms with Gasteiger partial charge in [0.25, 0.3) is 17.7 Å². The van der Waals surface area contributed by atoms with Gasteiger partial charge in [0.1, 0.15) is 12.4 Å². The van der Waals surface area contributed by atoms with Crippen LogP contribution in [-0.4, -0.2) is 40.8 Å². The smallest absolute Gasteiger partial charge is 0.261 e. The molecule has 0 radical (unpaired) electrons. The van der Waals surface area contributed by atoms with Crippen LogP contribution in [0, 0.1) is 0 Å². The van der Waals surface area contributed by atoms with Gasteiger partial charge in [-0.05, 0) is 48.4 Å². The van der Waals surface area contributed by atoms with Crippen LogP contribution >= 0.6 is 12.4 Å². The molecular weight excluding hydrogens is 562 g/mol. The van der Waals surface area contributed by atoms with Crippen molar-refractivity contribution in [3.05, 3.63) is 137 Å². The number of imide groups is 1. The number of amides is 3. The molecule has 1 aliphatic heterocycles. The van der Waals surface area contributed by atoms with E-state index in [1.807, 2.05) is 60.7 Å². The first kappa shape index (κ1) is 29.5. The Bertz CT molecular complexity index is 1770. The van der Waals surface area contributed by atoms with E-state index in [2.05, 4.69) is 29.4 Å². The van der Waals surface area contributed by atoms with Crippen molar-refractivity contribution in [2.75, 3.05) is 18.5 Å². The van der Waals surface area contributed by atoms with Gasteiger partial charge in [0.05, 0.1) is 28.8 Å². The summed E-state index contributed by atoms with van der Waals surface area (Å²) in [6.07, 6.45) is 2.39. The van der Waals surface area contributed by atoms with Crippen LogP contribution in [0.15, 0.2) is 109 Å². The number of fused-ring (bicyclic) bond motifs is 2. The van der Waals surface area contributed by atoms with Gasteiger partial charge in [-0.1, -0.05) is 73.7 Å². The molecule has 7 nitrogen and oxygen atoms in total. The molecule has 1 aromatic heterocycles. The molecule has 0 saturated heterocycles. The summed E-state index contributed by atoms with van der Waals surface area (Å²) in [5.74, 6) is -0.381. The van der Waals surface area contributed by atoms with E-state index >= 15 is 0 Å². The summed E-state index contributed by atoms with van der Waals surface area (Å²) in [4.78, 5) is 45.0. The van der Waals surface area contributed by atoms with Crippen molar-refractivity contribution in [3.63, 3.8) is 0 Å². The maximum Gasteiger partial charge on any atom is 0.261 e. The van der Waals surface area contributed by atoms with Crippen molar-refractivity contribution in [2.24, 2.45) is 0 Å². The van der Waals surface area contributed by atoms with Crippen molar-refractivity contribution in [1.29, 1.82) is 0 Å². The van der Waals surface area contributed by atoms with Crippen molar-refractivity contribution in [1.82, 2.24) is 9.88 Å². The van der Waals surface area contributed by atoms with Crippen LogP contribution in [0.4, 0.5) is 5.69 Å². The van der Waals surface area contributed by atoms with Crippen LogP contribution < -0.4 is 10.1 Å². The number of ether oxygens (including phenoxy) is 1. The number of benzene rings is 4. The topological polar surface area (TPSA) is 88.6 Å². The molecule has 4 aromatic carbocycles. The van der Waals surface area contributed by atoms with Gasteiger partial charge in [0.15, 0.2) is 0 Å². The molecule has 2 heterocycles. The summed E-state index contributed by atoms with van der Waals surface area (Å²) in [6.45, 7) is 2.30. The van der Waals surface area contributed by atoms with Gasteiger partial charge < -0.3 is 10.1 Å². The molecule has 0 saturated carbocycles. The van der Waals surface area contributed by atoms with E-state index in [9.17, 15) is 14.4 Å². The van der Waals surface area contributed by atoms with Crippen LogP contribution in [-0.2, 0) is 0 Å². The first-order valence-corrected chi connectivity index (χ1v) is 14.0. The number of carbonyl (C=O) groups is 3. The van der Waals surface area contributed by atoms with E-state index in [1.165, 1.54) is 4.90 Å². The predicted octanol–water partition coefficient (Wildman–Crippen LogP) is 7.13. The molecule has 1 N–H and O–H groups in total. The lowest BCUT2D eigenvalue weighted by Gasteiger charge is -2.24. The highest BCUT2D eigenvalue weighted by molar-refractivity contribution is 6.21. The number of rotatable bonds is 9. The third-order valence-corrected chi connectivity index (χ3v) is 7.62. The molecule has 5 aromatic rings. The standard InChI is InChI=1S/C35H29N3O4.ClH/c1-2-24(23-11-4-3-5-12-23)32-30(37-33(39)26-19-20-36-29-16-9-8-13-25(26)29)17-10-18-31(32)42-22-21-38-34(40)27-14-6-7-15-28(27)35(38)41;/h3-20,24H,2,21-22H2,1H3,(H,37,39);1H. The van der Waals surface area contributed by atoms with E-state index in [-0.39, 0.29) is 49.2 Å². The highest BCUT2D eigenvalue weighted by Gasteiger charge is 2.35. The minimum absolute atomic E-state index is 0. The lowest BCUT2D eigenvalue weighted by molar-refractivity contribution is 0.0630. The summed E-state index contributed by atoms with van der Waals surface area (Å²) < 4.78 is 6.29. The molecule has 1 aliphatic rings. The Morgan fingerprint density at radius 1 is 0.837 bits per heavy atom. The minimum atomic E-state index is -0.319. The van der Waals surface area contributed by atoms with Crippen molar-refractivity contribution in [2.45, 2.75) is 19.3 Å². The van der Waals surface area contributed by atoms with Gasteiger partial charge in [-0.15, -0.1) is 12.4 Å². The van der Waals surface area contributed by atoms with Crippen LogP contribution in [0.1, 0.15) is 61.5 Å². The van der Waals surface area contributed by atoms with E-state index in [0.29, 0.717) is 28.1 Å². The van der Waals surface area contributed by atoms with E-state index in [1.54, 1.807) is 36.5 Å². The summed E-state index contributed by atoms with van der Waals surface area (Å²) in [6, 6.07) is 31.7. The van der Waals surface area contributed by atoms with Crippen molar-refractivity contribution >= 4 is 46.7 Å². The van der Waals surface area contributed by atoms with Crippen LogP contribution in [0.5, 0.6) is 5.75 Å². The molecule has 0 bridgehead atoms. The molecule has 6 rings (SSSR count). The maximum atomic E-state index is 13.6. The molecule has 216 valence electrons. The SMILES string of the molecule is CCC(c1ccccc1)c1c(NC(=O)c2ccnc3ccccc23)cccc1OCCN1C(=O)c2ccccc2C1=O.Cl. The Balaban J connectivity index is 0.00000368. The van der Waals surface area contributed by atoms with Gasteiger partial charge in [-0.25, -0.2) is 0 Å². The van der Waals surface area contributed by atoms with Crippen LogP contribution in [0.2, 0.25) is 0 Å². The number of halogens is 1. The highest BCUT2D eigenvalue weighted by atomic mass is 35.5. The van der Waals surface area contributed by atoms with Gasteiger partial charge >= 0.3 is 0 Å². The summed E-state index contributed by atoms with van der Waals surface area (Å²) in [5, 5.41) is 3.90. The monoisotopic (exact) mass is 591 g/mol. The lowest BCUT2D eigenvalue weighted by atomic mass is 9.87. The molecule has 0 spiro atoms. The number of carbonyl (C=O) groups excluding carboxylic acids is 3. The molecular formula is C35H30ClN3O4. The van der Waals surface area contributed by atoms with Crippen LogP contribution in [0.25, 0.3) is 10.9 Å². The minimum Gasteiger partial charge on any atom is -0.491 e. The Hall–Kier alpha value is -5.01. The molecule has 1 unspecified atom stereocenters. The summed E-state index contributed by atoms with van der Waals surface area (Å²) in [5.41, 5.74) is 4.64. The normalized spacial score (nSPS) is 12.9. The van der Waals surface area contributed by atoms with Gasteiger partial charge in [0, 0.05) is 28.8 Å². The predicted molar refractivity (Wildman–Crippen MR) is 169 cm³/mol. The van der Waals surface area contributed by atoms with E-state index in [4.69, 9.17) is 4.74 Å². The number of anilines is 1. The summed E-state index contributed by atoms with van der Waals surface area (Å²) >= 11 is 0. The zero-order chi connectivity index (χ0) is 29.1. The number of nitrogens with one attached hydrogen (secondary N) is 1. The largest absolute Gasteiger partial charge is 0.491 e. The van der Waals surface area contributed by atoms with E-state index < -0.39 is 0 Å². The molecule has 0 aliphatic carbocycles. The number of para-hydroxylation sites is 1. The molecule has 8 heteroatoms. The van der Waals surface area contributed by atoms with Gasteiger partial charge in [0.2, 0.25) is 0 Å². The van der Waals surface area contributed by atoms with Crippen molar-refractivity contribution < 1.29 is 19.1 Å². The third kappa shape index (κ3) is 5.72. The first-order valence-electron chi connectivity index (χ1n) is 14.0. The lowest BCUT2D eigenvalue weighted by Crippen LogP contribution is -2.33. The zero-order valence-electron chi connectivity index (χ0n) is 23.5. The Kier molecular flexibility index (Phi) is 8.83. The van der Waals surface area contributed by atoms with Crippen molar-refractivity contribution in [3.8, 4) is 5.75 Å². The number of hydrogen-bond donors (Lipinski definition) is 1. The summed E-state index contributed by atoms with van der Waals surface area (Å²) in [7, 11) is 0. The number of hydrogen-bond acceptors (Lipinski definition) is 5. The average Bonchev–Trinajstić information content (AvgIpc) is 3.27. The fourth-order valence-electron chi connectivity index (χ4n) is 5.60. The second-order valence-corrected chi connectivity index (χ2v) is 10.1. The first-order chi connectivity index (χ1) is 20.6. The zero-order valence-corrected chi connectivity index (χ0v) is 24.3. The molecule has 43 heavy (non-hydrogen) atoms. The van der Waals surface area contributed by atoms with Gasteiger partial charge in [-0.3, -0.25) is 24.3 Å². The molecule has 0 fully saturated rings. The second-order valence-electron chi connectivity index (χ2n) is 10.1. The molecule has 1 atom stereocenters. The fraction of sp³-hybridized carbons (Fsp3) is 0.143. The van der Waals surface area contributed by atoms with Crippen LogP contribution in [0.3, 0.4) is 0 Å². The second kappa shape index (κ2) is 12.9. The Morgan fingerprint density at radius 3 is 2.23 bits per heavy atom. The maximum absolute atomic E-state index is 13.6. The number of nitrogens with zero attached hydrogens (tertiary/aromatic N) is 2. The van der Waals surface area contributed by atoms with Gasteiger partial charge in [-0.2, -0.15) is 0 Å². The fourth-order valence-corrected chi connectivity index (χ4v) is 5.60. The Labute approximate surface area is 255 Å². The molecule has 3 amide bonds. The third-order valence-electron chi connectivity index (χ3n) is 7.62. The Morgan fingerprint density at radius 2 is 1.51 bits per heavy atom.